The van der Waals surface area contributed by atoms with Gasteiger partial charge in [-0.1, -0.05) is 19.9 Å². The van der Waals surface area contributed by atoms with Crippen molar-refractivity contribution >= 4 is 0 Å². The Balaban J connectivity index is 1.86. The summed E-state index contributed by atoms with van der Waals surface area (Å²) in [7, 11) is 0. The van der Waals surface area contributed by atoms with Crippen LogP contribution in [-0.2, 0) is 6.54 Å². The smallest absolute Gasteiger partial charge is 0.161 e. The Morgan fingerprint density at radius 2 is 1.94 bits per heavy atom. The lowest BCUT2D eigenvalue weighted by Gasteiger charge is -2.19. The van der Waals surface area contributed by atoms with Gasteiger partial charge in [-0.3, -0.25) is 0 Å². The van der Waals surface area contributed by atoms with E-state index in [0.29, 0.717) is 19.8 Å². The van der Waals surface area contributed by atoms with Gasteiger partial charge in [0.2, 0.25) is 0 Å². The molecule has 0 fully saturated rings. The molecule has 0 radical (unpaired) electrons. The minimum absolute atomic E-state index is 0.276. The lowest BCUT2D eigenvalue weighted by atomic mass is 10.1. The number of rotatable bonds is 5. The quantitative estimate of drug-likeness (QED) is 0.834. The number of benzene rings is 1. The van der Waals surface area contributed by atoms with Crippen molar-refractivity contribution in [3.05, 3.63) is 23.8 Å². The minimum Gasteiger partial charge on any atom is -0.486 e. The molecule has 0 saturated heterocycles. The third-order valence-corrected chi connectivity index (χ3v) is 3.06. The van der Waals surface area contributed by atoms with E-state index in [9.17, 15) is 5.11 Å². The lowest BCUT2D eigenvalue weighted by Crippen LogP contribution is -2.30. The van der Waals surface area contributed by atoms with Gasteiger partial charge in [-0.25, -0.2) is 0 Å². The number of hydrogen-bond donors (Lipinski definition) is 2. The maximum Gasteiger partial charge on any atom is 0.161 e. The molecule has 0 saturated carbocycles. The molecule has 0 amide bonds. The van der Waals surface area contributed by atoms with Gasteiger partial charge < -0.3 is 19.9 Å². The number of nitrogens with one attached hydrogen (secondary N) is 1. The Morgan fingerprint density at radius 3 is 2.67 bits per heavy atom. The number of ether oxygens (including phenoxy) is 2. The summed E-state index contributed by atoms with van der Waals surface area (Å²) in [5.41, 5.74) is 1.13. The Morgan fingerprint density at radius 1 is 1.22 bits per heavy atom. The summed E-state index contributed by atoms with van der Waals surface area (Å²) < 4.78 is 11.0. The van der Waals surface area contributed by atoms with Crippen molar-refractivity contribution < 1.29 is 14.6 Å². The summed E-state index contributed by atoms with van der Waals surface area (Å²) in [6.07, 6.45) is -0.304. The molecule has 1 aliphatic rings. The van der Waals surface area contributed by atoms with Crippen LogP contribution in [0.25, 0.3) is 0 Å². The third-order valence-electron chi connectivity index (χ3n) is 3.06. The fourth-order valence-electron chi connectivity index (χ4n) is 1.80. The van der Waals surface area contributed by atoms with Crippen LogP contribution < -0.4 is 14.8 Å². The van der Waals surface area contributed by atoms with Crippen molar-refractivity contribution in [2.24, 2.45) is 5.92 Å². The molecule has 1 aromatic rings. The molecule has 0 bridgehead atoms. The molecule has 1 unspecified atom stereocenters. The summed E-state index contributed by atoms with van der Waals surface area (Å²) in [6.45, 7) is 6.57. The van der Waals surface area contributed by atoms with E-state index in [2.05, 4.69) is 5.32 Å². The van der Waals surface area contributed by atoms with Crippen LogP contribution in [0.2, 0.25) is 0 Å². The van der Waals surface area contributed by atoms with E-state index in [1.165, 1.54) is 0 Å². The monoisotopic (exact) mass is 251 g/mol. The van der Waals surface area contributed by atoms with Gasteiger partial charge in [0, 0.05) is 13.1 Å². The highest BCUT2D eigenvalue weighted by atomic mass is 16.6. The number of hydrogen-bond acceptors (Lipinski definition) is 4. The van der Waals surface area contributed by atoms with E-state index in [4.69, 9.17) is 9.47 Å². The van der Waals surface area contributed by atoms with Gasteiger partial charge in [0.05, 0.1) is 6.10 Å². The van der Waals surface area contributed by atoms with Gasteiger partial charge in [0.15, 0.2) is 11.5 Å². The van der Waals surface area contributed by atoms with Gasteiger partial charge in [0.1, 0.15) is 13.2 Å². The maximum atomic E-state index is 9.69. The summed E-state index contributed by atoms with van der Waals surface area (Å²) in [5, 5.41) is 12.9. The minimum atomic E-state index is -0.304. The zero-order valence-electron chi connectivity index (χ0n) is 11.0. The first-order chi connectivity index (χ1) is 8.66. The Hall–Kier alpha value is -1.26. The normalized spacial score (nSPS) is 15.8. The van der Waals surface area contributed by atoms with Crippen LogP contribution in [0.15, 0.2) is 18.2 Å². The van der Waals surface area contributed by atoms with E-state index >= 15 is 0 Å². The van der Waals surface area contributed by atoms with Crippen molar-refractivity contribution in [2.45, 2.75) is 26.5 Å². The standard InChI is InChI=1S/C14H21NO3/c1-10(2)12(16)9-15-8-11-3-4-13-14(7-11)18-6-5-17-13/h3-4,7,10,12,15-16H,5-6,8-9H2,1-2H3. The third kappa shape index (κ3) is 3.37. The van der Waals surface area contributed by atoms with Crippen LogP contribution in [0, 0.1) is 5.92 Å². The number of aliphatic hydroxyl groups excluding tert-OH is 1. The largest absolute Gasteiger partial charge is 0.486 e. The molecule has 4 heteroatoms. The summed E-state index contributed by atoms with van der Waals surface area (Å²) >= 11 is 0. The topological polar surface area (TPSA) is 50.7 Å². The van der Waals surface area contributed by atoms with Crippen molar-refractivity contribution in [1.29, 1.82) is 0 Å². The molecule has 1 atom stereocenters. The second-order valence-electron chi connectivity index (χ2n) is 4.92. The predicted octanol–water partition coefficient (Wildman–Crippen LogP) is 1.56. The average Bonchev–Trinajstić information content (AvgIpc) is 2.38. The van der Waals surface area contributed by atoms with Gasteiger partial charge in [-0.05, 0) is 23.6 Å². The Labute approximate surface area is 108 Å². The predicted molar refractivity (Wildman–Crippen MR) is 70.0 cm³/mol. The zero-order valence-corrected chi connectivity index (χ0v) is 11.0. The molecular formula is C14H21NO3. The molecule has 1 aliphatic heterocycles. The van der Waals surface area contributed by atoms with Gasteiger partial charge >= 0.3 is 0 Å². The summed E-state index contributed by atoms with van der Waals surface area (Å²) in [6, 6.07) is 5.94. The van der Waals surface area contributed by atoms with E-state index in [-0.39, 0.29) is 12.0 Å². The molecule has 18 heavy (non-hydrogen) atoms. The van der Waals surface area contributed by atoms with E-state index in [0.717, 1.165) is 23.6 Å². The van der Waals surface area contributed by atoms with E-state index in [1.54, 1.807) is 0 Å². The van der Waals surface area contributed by atoms with Crippen LogP contribution in [0.4, 0.5) is 0 Å². The SMILES string of the molecule is CC(C)C(O)CNCc1ccc2c(c1)OCCO2. The Kier molecular flexibility index (Phi) is 4.44. The molecule has 1 aromatic carbocycles. The van der Waals surface area contributed by atoms with Crippen LogP contribution in [0.3, 0.4) is 0 Å². The zero-order chi connectivity index (χ0) is 13.0. The molecule has 100 valence electrons. The molecule has 0 aliphatic carbocycles. The molecule has 0 aromatic heterocycles. The van der Waals surface area contributed by atoms with Crippen molar-refractivity contribution in [1.82, 2.24) is 5.32 Å². The first-order valence-corrected chi connectivity index (χ1v) is 6.44. The molecule has 1 heterocycles. The van der Waals surface area contributed by atoms with Crippen LogP contribution in [0.1, 0.15) is 19.4 Å². The van der Waals surface area contributed by atoms with Crippen LogP contribution in [-0.4, -0.2) is 31.0 Å². The van der Waals surface area contributed by atoms with E-state index in [1.807, 2.05) is 32.0 Å². The maximum absolute atomic E-state index is 9.69. The lowest BCUT2D eigenvalue weighted by molar-refractivity contribution is 0.123. The highest BCUT2D eigenvalue weighted by Crippen LogP contribution is 2.30. The van der Waals surface area contributed by atoms with E-state index < -0.39 is 0 Å². The summed E-state index contributed by atoms with van der Waals surface area (Å²) in [5.74, 6) is 1.90. The molecule has 0 spiro atoms. The molecule has 2 N–H and O–H groups in total. The van der Waals surface area contributed by atoms with Gasteiger partial charge in [-0.2, -0.15) is 0 Å². The number of fused-ring (bicyclic) bond motifs is 1. The fourth-order valence-corrected chi connectivity index (χ4v) is 1.80. The van der Waals surface area contributed by atoms with Gasteiger partial charge in [-0.15, -0.1) is 0 Å². The van der Waals surface area contributed by atoms with Crippen molar-refractivity contribution in [3.8, 4) is 11.5 Å². The molecule has 4 nitrogen and oxygen atoms in total. The molecular weight excluding hydrogens is 230 g/mol. The van der Waals surface area contributed by atoms with Crippen LogP contribution in [0.5, 0.6) is 11.5 Å². The number of aliphatic hydroxyl groups is 1. The van der Waals surface area contributed by atoms with Crippen LogP contribution >= 0.6 is 0 Å². The fraction of sp³-hybridized carbons (Fsp3) is 0.571. The second kappa shape index (κ2) is 6.07. The second-order valence-corrected chi connectivity index (χ2v) is 4.92. The van der Waals surface area contributed by atoms with Crippen molar-refractivity contribution in [3.63, 3.8) is 0 Å². The van der Waals surface area contributed by atoms with Crippen molar-refractivity contribution in [2.75, 3.05) is 19.8 Å². The van der Waals surface area contributed by atoms with Gasteiger partial charge in [0.25, 0.3) is 0 Å². The highest BCUT2D eigenvalue weighted by Gasteiger charge is 2.12. The first-order valence-electron chi connectivity index (χ1n) is 6.44. The molecule has 2 rings (SSSR count). The average molecular weight is 251 g/mol. The summed E-state index contributed by atoms with van der Waals surface area (Å²) in [4.78, 5) is 0. The Bertz CT molecular complexity index is 393. The first kappa shape index (κ1) is 13.2. The highest BCUT2D eigenvalue weighted by molar-refractivity contribution is 5.43.